The molecule has 1 rings (SSSR count). The maximum absolute atomic E-state index is 12.3. The van der Waals surface area contributed by atoms with Gasteiger partial charge in [-0.1, -0.05) is 26.0 Å². The molecule has 0 spiro atoms. The van der Waals surface area contributed by atoms with Crippen molar-refractivity contribution < 1.29 is 8.42 Å². The van der Waals surface area contributed by atoms with E-state index >= 15 is 0 Å². The molecule has 0 saturated heterocycles. The molecule has 2 N–H and O–H groups in total. The topological polar surface area (TPSA) is 58.2 Å². The molecule has 4 nitrogen and oxygen atoms in total. The van der Waals surface area contributed by atoms with E-state index in [1.807, 2.05) is 25.3 Å². The van der Waals surface area contributed by atoms with E-state index in [9.17, 15) is 8.42 Å². The Morgan fingerprint density at radius 2 is 1.86 bits per heavy atom. The van der Waals surface area contributed by atoms with Crippen molar-refractivity contribution in [3.63, 3.8) is 0 Å². The van der Waals surface area contributed by atoms with Crippen LogP contribution in [0.5, 0.6) is 0 Å². The second-order valence-electron chi connectivity index (χ2n) is 4.93. The highest BCUT2D eigenvalue weighted by Gasteiger charge is 2.18. The van der Waals surface area contributed by atoms with Gasteiger partial charge in [0.05, 0.1) is 4.90 Å². The molecule has 6 heteroatoms. The zero-order valence-corrected chi connectivity index (χ0v) is 14.7. The predicted octanol–water partition coefficient (Wildman–Crippen LogP) is 2.26. The Hall–Kier alpha value is -0.560. The lowest BCUT2D eigenvalue weighted by Gasteiger charge is -2.16. The van der Waals surface area contributed by atoms with Crippen LogP contribution in [0.15, 0.2) is 29.2 Å². The van der Waals surface area contributed by atoms with Crippen molar-refractivity contribution in [2.75, 3.05) is 25.1 Å². The van der Waals surface area contributed by atoms with Gasteiger partial charge in [-0.05, 0) is 49.9 Å². The quantitative estimate of drug-likeness (QED) is 0.646. The number of nitrogens with one attached hydrogen (secondary N) is 2. The van der Waals surface area contributed by atoms with E-state index in [1.165, 1.54) is 0 Å². The van der Waals surface area contributed by atoms with Gasteiger partial charge in [-0.15, -0.1) is 0 Å². The van der Waals surface area contributed by atoms with E-state index < -0.39 is 10.0 Å². The summed E-state index contributed by atoms with van der Waals surface area (Å²) >= 11 is 1.65. The summed E-state index contributed by atoms with van der Waals surface area (Å²) < 4.78 is 27.4. The standard InChI is InChI=1S/C15H26N2O2S2/c1-4-14(12-20-3)17-21(18,19)15-8-6-13(7-9-15)10-11-16-5-2/h6-9,14,16-17H,4-5,10-12H2,1-3H3. The van der Waals surface area contributed by atoms with Gasteiger partial charge in [-0.25, -0.2) is 13.1 Å². The highest BCUT2D eigenvalue weighted by Crippen LogP contribution is 2.13. The maximum Gasteiger partial charge on any atom is 0.240 e. The highest BCUT2D eigenvalue weighted by molar-refractivity contribution is 7.98. The van der Waals surface area contributed by atoms with Crippen molar-refractivity contribution in [3.8, 4) is 0 Å². The van der Waals surface area contributed by atoms with E-state index in [4.69, 9.17) is 0 Å². The second kappa shape index (κ2) is 9.46. The van der Waals surface area contributed by atoms with Crippen molar-refractivity contribution in [2.45, 2.75) is 37.6 Å². The van der Waals surface area contributed by atoms with Crippen molar-refractivity contribution >= 4 is 21.8 Å². The van der Waals surface area contributed by atoms with E-state index in [0.29, 0.717) is 4.90 Å². The average Bonchev–Trinajstić information content (AvgIpc) is 2.47. The fourth-order valence-electron chi connectivity index (χ4n) is 1.97. The fraction of sp³-hybridized carbons (Fsp3) is 0.600. The maximum atomic E-state index is 12.3. The molecule has 0 radical (unpaired) electrons. The van der Waals surface area contributed by atoms with Crippen LogP contribution in [0.2, 0.25) is 0 Å². The molecule has 1 aromatic carbocycles. The molecule has 0 aliphatic heterocycles. The van der Waals surface area contributed by atoms with Crippen molar-refractivity contribution in [2.24, 2.45) is 0 Å². The van der Waals surface area contributed by atoms with E-state index in [-0.39, 0.29) is 6.04 Å². The van der Waals surface area contributed by atoms with Crippen molar-refractivity contribution in [1.29, 1.82) is 0 Å². The Morgan fingerprint density at radius 1 is 1.19 bits per heavy atom. The lowest BCUT2D eigenvalue weighted by Crippen LogP contribution is -2.36. The third-order valence-electron chi connectivity index (χ3n) is 3.26. The van der Waals surface area contributed by atoms with Gasteiger partial charge in [0.15, 0.2) is 0 Å². The lowest BCUT2D eigenvalue weighted by atomic mass is 10.1. The van der Waals surface area contributed by atoms with Crippen molar-refractivity contribution in [3.05, 3.63) is 29.8 Å². The van der Waals surface area contributed by atoms with Gasteiger partial charge in [0.25, 0.3) is 0 Å². The van der Waals surface area contributed by atoms with Gasteiger partial charge in [-0.2, -0.15) is 11.8 Å². The number of hydrogen-bond acceptors (Lipinski definition) is 4. The minimum atomic E-state index is -3.41. The first-order chi connectivity index (χ1) is 10.0. The fourth-order valence-corrected chi connectivity index (χ4v) is 4.11. The predicted molar refractivity (Wildman–Crippen MR) is 91.5 cm³/mol. The summed E-state index contributed by atoms with van der Waals surface area (Å²) in [6.07, 6.45) is 3.68. The van der Waals surface area contributed by atoms with Crippen LogP contribution in [0.25, 0.3) is 0 Å². The Kier molecular flexibility index (Phi) is 8.33. The number of likely N-dealkylation sites (N-methyl/N-ethyl adjacent to an activating group) is 1. The van der Waals surface area contributed by atoms with Crippen LogP contribution in [-0.2, 0) is 16.4 Å². The Balaban J connectivity index is 2.70. The van der Waals surface area contributed by atoms with Gasteiger partial charge in [0.1, 0.15) is 0 Å². The molecule has 0 aromatic heterocycles. The first kappa shape index (κ1) is 18.5. The number of hydrogen-bond donors (Lipinski definition) is 2. The number of benzene rings is 1. The van der Waals surface area contributed by atoms with Gasteiger partial charge in [0.2, 0.25) is 10.0 Å². The summed E-state index contributed by atoms with van der Waals surface area (Å²) in [5.74, 6) is 0.788. The molecule has 120 valence electrons. The van der Waals surface area contributed by atoms with Gasteiger partial charge < -0.3 is 5.32 Å². The molecule has 1 unspecified atom stereocenters. The zero-order valence-electron chi connectivity index (χ0n) is 13.1. The summed E-state index contributed by atoms with van der Waals surface area (Å²) in [4.78, 5) is 0.342. The highest BCUT2D eigenvalue weighted by atomic mass is 32.2. The molecule has 1 aromatic rings. The molecule has 0 fully saturated rings. The van der Waals surface area contributed by atoms with E-state index in [2.05, 4.69) is 17.0 Å². The molecule has 0 saturated carbocycles. The molecular weight excluding hydrogens is 304 g/mol. The summed E-state index contributed by atoms with van der Waals surface area (Å²) in [6, 6.07) is 7.15. The summed E-state index contributed by atoms with van der Waals surface area (Å²) in [5, 5.41) is 3.26. The first-order valence-corrected chi connectivity index (χ1v) is 10.2. The number of thioether (sulfide) groups is 1. The molecular formula is C15H26N2O2S2. The molecule has 0 heterocycles. The summed E-state index contributed by atoms with van der Waals surface area (Å²) in [5.41, 5.74) is 1.14. The van der Waals surface area contributed by atoms with Crippen LogP contribution in [0.4, 0.5) is 0 Å². The smallest absolute Gasteiger partial charge is 0.240 e. The monoisotopic (exact) mass is 330 g/mol. The molecule has 0 bridgehead atoms. The minimum Gasteiger partial charge on any atom is -0.317 e. The molecule has 0 aliphatic rings. The number of rotatable bonds is 10. The Morgan fingerprint density at radius 3 is 2.38 bits per heavy atom. The lowest BCUT2D eigenvalue weighted by molar-refractivity contribution is 0.558. The SMILES string of the molecule is CCNCCc1ccc(S(=O)(=O)NC(CC)CSC)cc1. The van der Waals surface area contributed by atoms with Crippen LogP contribution < -0.4 is 10.0 Å². The minimum absolute atomic E-state index is 0.0153. The third-order valence-corrected chi connectivity index (χ3v) is 5.53. The molecule has 0 aliphatic carbocycles. The largest absolute Gasteiger partial charge is 0.317 e. The molecule has 0 amide bonds. The van der Waals surface area contributed by atoms with Crippen LogP contribution in [0, 0.1) is 0 Å². The van der Waals surface area contributed by atoms with Gasteiger partial charge in [-0.3, -0.25) is 0 Å². The summed E-state index contributed by atoms with van der Waals surface area (Å²) in [7, 11) is -3.41. The van der Waals surface area contributed by atoms with Gasteiger partial charge >= 0.3 is 0 Å². The Bertz CT molecular complexity index is 501. The normalized spacial score (nSPS) is 13.3. The Labute approximate surface area is 133 Å². The first-order valence-electron chi connectivity index (χ1n) is 7.34. The van der Waals surface area contributed by atoms with Gasteiger partial charge in [0, 0.05) is 11.8 Å². The van der Waals surface area contributed by atoms with E-state index in [0.717, 1.165) is 37.2 Å². The van der Waals surface area contributed by atoms with Crippen LogP contribution in [-0.4, -0.2) is 39.6 Å². The van der Waals surface area contributed by atoms with Crippen LogP contribution in [0.3, 0.4) is 0 Å². The third kappa shape index (κ3) is 6.38. The zero-order chi connectivity index (χ0) is 15.7. The van der Waals surface area contributed by atoms with Crippen LogP contribution >= 0.6 is 11.8 Å². The van der Waals surface area contributed by atoms with E-state index in [1.54, 1.807) is 23.9 Å². The van der Waals surface area contributed by atoms with Crippen LogP contribution in [0.1, 0.15) is 25.8 Å². The number of sulfonamides is 1. The van der Waals surface area contributed by atoms with Crippen molar-refractivity contribution in [1.82, 2.24) is 10.0 Å². The second-order valence-corrected chi connectivity index (χ2v) is 7.55. The molecule has 21 heavy (non-hydrogen) atoms. The summed E-state index contributed by atoms with van der Waals surface area (Å²) in [6.45, 7) is 5.92. The molecule has 1 atom stereocenters. The average molecular weight is 331 g/mol.